The minimum absolute atomic E-state index is 0.113. The van der Waals surface area contributed by atoms with Crippen molar-refractivity contribution in [3.05, 3.63) is 83.4 Å². The van der Waals surface area contributed by atoms with Gasteiger partial charge < -0.3 is 23.8 Å². The lowest BCUT2D eigenvalue weighted by Gasteiger charge is -2.39. The zero-order valence-corrected chi connectivity index (χ0v) is 20.8. The number of rotatable bonds is 9. The summed E-state index contributed by atoms with van der Waals surface area (Å²) in [5.74, 6) is 2.73. The summed E-state index contributed by atoms with van der Waals surface area (Å²) in [7, 11) is 4.90. The highest BCUT2D eigenvalue weighted by Gasteiger charge is 2.35. The van der Waals surface area contributed by atoms with Crippen LogP contribution in [-0.4, -0.2) is 45.3 Å². The van der Waals surface area contributed by atoms with Crippen LogP contribution in [-0.2, 0) is 11.2 Å². The number of amides is 1. The summed E-state index contributed by atoms with van der Waals surface area (Å²) in [5, 5.41) is 0. The average Bonchev–Trinajstić information content (AvgIpc) is 2.92. The highest BCUT2D eigenvalue weighted by atomic mass is 16.5. The van der Waals surface area contributed by atoms with Crippen molar-refractivity contribution in [1.82, 2.24) is 4.90 Å². The van der Waals surface area contributed by atoms with Gasteiger partial charge in [0.1, 0.15) is 18.1 Å². The first-order valence-corrected chi connectivity index (χ1v) is 12.0. The topological polar surface area (TPSA) is 57.2 Å². The first kappa shape index (κ1) is 24.5. The molecule has 0 N–H and O–H groups in total. The highest BCUT2D eigenvalue weighted by Crippen LogP contribution is 2.40. The molecule has 0 saturated carbocycles. The lowest BCUT2D eigenvalue weighted by atomic mass is 9.89. The molecule has 4 rings (SSSR count). The third-order valence-corrected chi connectivity index (χ3v) is 6.66. The van der Waals surface area contributed by atoms with Crippen LogP contribution >= 0.6 is 0 Å². The van der Waals surface area contributed by atoms with Gasteiger partial charge in [-0.2, -0.15) is 0 Å². The van der Waals surface area contributed by atoms with E-state index in [2.05, 4.69) is 6.92 Å². The van der Waals surface area contributed by atoms with Gasteiger partial charge in [-0.15, -0.1) is 0 Å². The van der Waals surface area contributed by atoms with E-state index in [1.54, 1.807) is 21.3 Å². The summed E-state index contributed by atoms with van der Waals surface area (Å²) < 4.78 is 22.6. The molecule has 6 heteroatoms. The fourth-order valence-electron chi connectivity index (χ4n) is 4.76. The summed E-state index contributed by atoms with van der Waals surface area (Å²) in [6.45, 7) is 3.00. The summed E-state index contributed by atoms with van der Waals surface area (Å²) >= 11 is 0. The van der Waals surface area contributed by atoms with E-state index in [0.717, 1.165) is 41.0 Å². The Morgan fingerprint density at radius 3 is 2.20 bits per heavy atom. The van der Waals surface area contributed by atoms with E-state index in [0.29, 0.717) is 24.7 Å². The van der Waals surface area contributed by atoms with Crippen LogP contribution in [0.3, 0.4) is 0 Å². The predicted octanol–water partition coefficient (Wildman–Crippen LogP) is 5.41. The molecule has 0 unspecified atom stereocenters. The Balaban J connectivity index is 1.68. The molecule has 184 valence electrons. The molecule has 35 heavy (non-hydrogen) atoms. The van der Waals surface area contributed by atoms with Crippen molar-refractivity contribution in [3.8, 4) is 23.0 Å². The number of hydrogen-bond donors (Lipinski definition) is 0. The lowest BCUT2D eigenvalue weighted by molar-refractivity contribution is -0.136. The fraction of sp³-hybridized carbons (Fsp3) is 0.345. The second kappa shape index (κ2) is 11.2. The van der Waals surface area contributed by atoms with Gasteiger partial charge in [0, 0.05) is 6.54 Å². The van der Waals surface area contributed by atoms with Crippen molar-refractivity contribution in [2.45, 2.75) is 31.7 Å². The van der Waals surface area contributed by atoms with Gasteiger partial charge in [0.05, 0.1) is 33.3 Å². The van der Waals surface area contributed by atoms with Crippen molar-refractivity contribution >= 4 is 5.91 Å². The van der Waals surface area contributed by atoms with E-state index in [4.69, 9.17) is 18.9 Å². The molecular formula is C29H33NO5. The van der Waals surface area contributed by atoms with E-state index in [-0.39, 0.29) is 17.9 Å². The first-order valence-electron chi connectivity index (χ1n) is 12.0. The van der Waals surface area contributed by atoms with Crippen molar-refractivity contribution in [3.63, 3.8) is 0 Å². The molecule has 0 aromatic heterocycles. The second-order valence-electron chi connectivity index (χ2n) is 8.56. The number of hydrogen-bond acceptors (Lipinski definition) is 5. The predicted molar refractivity (Wildman–Crippen MR) is 136 cm³/mol. The fourth-order valence-corrected chi connectivity index (χ4v) is 4.76. The van der Waals surface area contributed by atoms with Crippen molar-refractivity contribution in [2.75, 3.05) is 34.5 Å². The van der Waals surface area contributed by atoms with Gasteiger partial charge in [-0.05, 0) is 65.9 Å². The Bertz CT molecular complexity index is 1130. The smallest absolute Gasteiger partial charge is 0.230 e. The number of carbonyl (C=O) groups excluding carboxylic acids is 1. The molecule has 1 amide bonds. The van der Waals surface area contributed by atoms with Gasteiger partial charge in [0.2, 0.25) is 5.91 Å². The summed E-state index contributed by atoms with van der Waals surface area (Å²) in [5.41, 5.74) is 3.20. The summed E-state index contributed by atoms with van der Waals surface area (Å²) in [6, 6.07) is 21.2. The molecule has 0 bridgehead atoms. The van der Waals surface area contributed by atoms with Crippen LogP contribution < -0.4 is 18.9 Å². The van der Waals surface area contributed by atoms with Gasteiger partial charge in [0.15, 0.2) is 11.5 Å². The van der Waals surface area contributed by atoms with Crippen LogP contribution in [0.2, 0.25) is 0 Å². The monoisotopic (exact) mass is 475 g/mol. The number of benzene rings is 3. The van der Waals surface area contributed by atoms with Gasteiger partial charge in [0.25, 0.3) is 0 Å². The van der Waals surface area contributed by atoms with Crippen molar-refractivity contribution in [2.24, 2.45) is 0 Å². The number of carbonyl (C=O) groups is 1. The van der Waals surface area contributed by atoms with Gasteiger partial charge in [-0.25, -0.2) is 0 Å². The molecule has 3 aromatic rings. The van der Waals surface area contributed by atoms with E-state index in [1.807, 2.05) is 71.6 Å². The third kappa shape index (κ3) is 5.21. The normalized spacial score (nSPS) is 15.7. The lowest BCUT2D eigenvalue weighted by Crippen LogP contribution is -2.44. The van der Waals surface area contributed by atoms with E-state index < -0.39 is 0 Å². The van der Waals surface area contributed by atoms with Crippen LogP contribution in [0.1, 0.15) is 42.0 Å². The Kier molecular flexibility index (Phi) is 7.80. The standard InChI is InChI=1S/C29H33NO5/c1-5-24(20-9-7-6-8-10-20)29(31)30-16-15-21-17-27(33-3)28(34-4)18-25(21)26(30)19-35-23-13-11-22(32-2)12-14-23/h6-14,17-18,24,26H,5,15-16,19H2,1-4H3/t24-,26+/m0/s1. The zero-order chi connectivity index (χ0) is 24.8. The minimum Gasteiger partial charge on any atom is -0.497 e. The molecule has 0 spiro atoms. The van der Waals surface area contributed by atoms with Crippen LogP contribution in [0.25, 0.3) is 0 Å². The minimum atomic E-state index is -0.258. The SMILES string of the molecule is CC[C@H](C(=O)N1CCc2cc(OC)c(OC)cc2[C@H]1COc1ccc(OC)cc1)c1ccccc1. The molecule has 6 nitrogen and oxygen atoms in total. The molecule has 0 aliphatic carbocycles. The number of fused-ring (bicyclic) bond motifs is 1. The maximum atomic E-state index is 13.9. The van der Waals surface area contributed by atoms with Crippen LogP contribution in [0.4, 0.5) is 0 Å². The molecule has 0 fully saturated rings. The number of ether oxygens (including phenoxy) is 4. The van der Waals surface area contributed by atoms with Crippen LogP contribution in [0, 0.1) is 0 Å². The molecule has 1 aliphatic heterocycles. The number of methoxy groups -OCH3 is 3. The first-order chi connectivity index (χ1) is 17.1. The summed E-state index contributed by atoms with van der Waals surface area (Å²) in [4.78, 5) is 15.9. The Morgan fingerprint density at radius 2 is 1.57 bits per heavy atom. The van der Waals surface area contributed by atoms with Gasteiger partial charge in [-0.3, -0.25) is 4.79 Å². The Hall–Kier alpha value is -3.67. The molecule has 2 atom stereocenters. The molecule has 1 aliphatic rings. The van der Waals surface area contributed by atoms with Crippen molar-refractivity contribution < 1.29 is 23.7 Å². The van der Waals surface area contributed by atoms with Gasteiger partial charge in [-0.1, -0.05) is 37.3 Å². The van der Waals surface area contributed by atoms with E-state index in [9.17, 15) is 4.79 Å². The second-order valence-corrected chi connectivity index (χ2v) is 8.56. The maximum Gasteiger partial charge on any atom is 0.230 e. The summed E-state index contributed by atoms with van der Waals surface area (Å²) in [6.07, 6.45) is 1.47. The molecular weight excluding hydrogens is 442 g/mol. The quantitative estimate of drug-likeness (QED) is 0.414. The largest absolute Gasteiger partial charge is 0.497 e. The van der Waals surface area contributed by atoms with Gasteiger partial charge >= 0.3 is 0 Å². The van der Waals surface area contributed by atoms with Crippen LogP contribution in [0.15, 0.2) is 66.7 Å². The highest BCUT2D eigenvalue weighted by molar-refractivity contribution is 5.84. The Labute approximate surface area is 207 Å². The van der Waals surface area contributed by atoms with Crippen LogP contribution in [0.5, 0.6) is 23.0 Å². The number of nitrogens with zero attached hydrogens (tertiary/aromatic N) is 1. The average molecular weight is 476 g/mol. The van der Waals surface area contributed by atoms with Crippen molar-refractivity contribution in [1.29, 1.82) is 0 Å². The van der Waals surface area contributed by atoms with E-state index >= 15 is 0 Å². The van der Waals surface area contributed by atoms with E-state index in [1.165, 1.54) is 0 Å². The Morgan fingerprint density at radius 1 is 0.914 bits per heavy atom. The molecule has 3 aromatic carbocycles. The molecule has 0 radical (unpaired) electrons. The maximum absolute atomic E-state index is 13.9. The third-order valence-electron chi connectivity index (χ3n) is 6.66. The molecule has 1 heterocycles. The zero-order valence-electron chi connectivity index (χ0n) is 20.8. The molecule has 0 saturated heterocycles.